The van der Waals surface area contributed by atoms with E-state index in [0.717, 1.165) is 0 Å². The molecule has 0 saturated carbocycles. The number of amides is 2. The maximum atomic E-state index is 12.3. The molecule has 10 N–H and O–H groups in total. The molecule has 1 aromatic rings. The number of carboxylic acid groups (broad SMARTS) is 1. The van der Waals surface area contributed by atoms with Crippen LogP contribution >= 0.6 is 0 Å². The molecule has 0 aromatic carbocycles. The highest BCUT2D eigenvalue weighted by atomic mass is 17.1. The number of anilines is 3. The molecule has 204 valence electrons. The molecule has 1 heterocycles. The van der Waals surface area contributed by atoms with Gasteiger partial charge in [-0.25, -0.2) is 24.4 Å². The summed E-state index contributed by atoms with van der Waals surface area (Å²) < 4.78 is 0. The summed E-state index contributed by atoms with van der Waals surface area (Å²) in [6.45, 7) is -5.91. The molecule has 1 aromatic heterocycles. The van der Waals surface area contributed by atoms with Crippen LogP contribution in [0.2, 0.25) is 0 Å². The predicted octanol–water partition coefficient (Wildman–Crippen LogP) is -6.34. The van der Waals surface area contributed by atoms with E-state index in [1.165, 1.54) is 0 Å². The number of aliphatic hydroxyl groups excluding tert-OH is 7. The Balaban J connectivity index is 3.99. The van der Waals surface area contributed by atoms with Crippen molar-refractivity contribution in [2.45, 2.75) is 24.9 Å². The van der Waals surface area contributed by atoms with Gasteiger partial charge >= 0.3 is 5.97 Å². The molecule has 4 unspecified atom stereocenters. The zero-order valence-electron chi connectivity index (χ0n) is 18.0. The average molecular weight is 528 g/mol. The van der Waals surface area contributed by atoms with Gasteiger partial charge in [-0.2, -0.15) is 15.0 Å². The Kier molecular flexibility index (Phi) is 12.3. The van der Waals surface area contributed by atoms with Crippen LogP contribution in [0.25, 0.3) is 0 Å². The van der Waals surface area contributed by atoms with Crippen molar-refractivity contribution in [1.29, 1.82) is 0 Å². The van der Waals surface area contributed by atoms with Crippen molar-refractivity contribution in [3.8, 4) is 0 Å². The van der Waals surface area contributed by atoms with Gasteiger partial charge in [0.15, 0.2) is 18.7 Å². The van der Waals surface area contributed by atoms with E-state index in [4.69, 9.17) is 15.6 Å². The molecule has 21 heteroatoms. The first-order valence-electron chi connectivity index (χ1n) is 9.47. The zero-order valence-corrected chi connectivity index (χ0v) is 18.0. The summed E-state index contributed by atoms with van der Waals surface area (Å²) >= 11 is 0. The highest BCUT2D eigenvalue weighted by Crippen LogP contribution is 2.24. The van der Waals surface area contributed by atoms with Gasteiger partial charge in [0.05, 0.1) is 6.61 Å². The maximum absolute atomic E-state index is 12.3. The molecule has 0 spiro atoms. The Hall–Kier alpha value is -3.22. The Morgan fingerprint density at radius 2 is 1.17 bits per heavy atom. The van der Waals surface area contributed by atoms with Gasteiger partial charge in [0.2, 0.25) is 24.1 Å². The lowest BCUT2D eigenvalue weighted by Crippen LogP contribution is -2.51. The third-order valence-corrected chi connectivity index (χ3v) is 4.09. The van der Waals surface area contributed by atoms with E-state index < -0.39 is 93.6 Å². The van der Waals surface area contributed by atoms with E-state index in [9.17, 15) is 50.1 Å². The molecule has 36 heavy (non-hydrogen) atoms. The van der Waals surface area contributed by atoms with E-state index in [-0.39, 0.29) is 9.80 Å². The number of aliphatic carboxylic acids is 1. The van der Waals surface area contributed by atoms with Gasteiger partial charge in [0.25, 0.3) is 11.8 Å². The number of hydrogen-bond acceptors (Lipinski definition) is 18. The van der Waals surface area contributed by atoms with Gasteiger partial charge in [-0.3, -0.25) is 25.0 Å². The number of rotatable bonds is 15. The van der Waals surface area contributed by atoms with Crippen LogP contribution in [0.4, 0.5) is 17.8 Å². The van der Waals surface area contributed by atoms with E-state index >= 15 is 0 Å². The Morgan fingerprint density at radius 1 is 0.722 bits per heavy atom. The van der Waals surface area contributed by atoms with Crippen LogP contribution in [0.3, 0.4) is 0 Å². The number of aliphatic hydroxyl groups is 7. The Labute approximate surface area is 199 Å². The molecule has 2 amide bonds. The second-order valence-electron chi connectivity index (χ2n) is 6.41. The van der Waals surface area contributed by atoms with Crippen molar-refractivity contribution in [2.75, 3.05) is 47.7 Å². The molecule has 1 rings (SSSR count). The number of carbonyl (C=O) groups is 3. The molecular formula is C15H24N6O15. The van der Waals surface area contributed by atoms with E-state index in [1.54, 1.807) is 0 Å². The van der Waals surface area contributed by atoms with E-state index in [0.29, 0.717) is 4.90 Å². The molecule has 0 bridgehead atoms. The molecule has 0 radical (unpaired) electrons. The summed E-state index contributed by atoms with van der Waals surface area (Å²) in [5.41, 5.74) is 0. The van der Waals surface area contributed by atoms with Gasteiger partial charge < -0.3 is 40.9 Å². The van der Waals surface area contributed by atoms with Crippen molar-refractivity contribution in [2.24, 2.45) is 0 Å². The third-order valence-electron chi connectivity index (χ3n) is 4.09. The summed E-state index contributed by atoms with van der Waals surface area (Å²) in [4.78, 5) is 54.4. The average Bonchev–Trinajstić information content (AvgIpc) is 2.84. The largest absolute Gasteiger partial charge is 0.478 e. The fraction of sp³-hybridized carbons (Fsp3) is 0.600. The number of carbonyl (C=O) groups excluding carboxylic acids is 2. The minimum Gasteiger partial charge on any atom is -0.478 e. The van der Waals surface area contributed by atoms with Crippen LogP contribution < -0.4 is 14.7 Å². The predicted molar refractivity (Wildman–Crippen MR) is 107 cm³/mol. The Morgan fingerprint density at radius 3 is 1.61 bits per heavy atom. The van der Waals surface area contributed by atoms with Crippen LogP contribution in [-0.2, 0) is 24.2 Å². The molecule has 0 fully saturated rings. The van der Waals surface area contributed by atoms with Gasteiger partial charge in [-0.1, -0.05) is 0 Å². The normalized spacial score (nSPS) is 14.5. The van der Waals surface area contributed by atoms with Crippen molar-refractivity contribution in [3.63, 3.8) is 0 Å². The summed E-state index contributed by atoms with van der Waals surface area (Å²) in [6.07, 6.45) is -9.11. The van der Waals surface area contributed by atoms with Gasteiger partial charge in [-0.05, 0) is 0 Å². The highest BCUT2D eigenvalue weighted by Gasteiger charge is 2.36. The summed E-state index contributed by atoms with van der Waals surface area (Å²) in [5.74, 6) is -8.18. The summed E-state index contributed by atoms with van der Waals surface area (Å²) in [7, 11) is 0. The van der Waals surface area contributed by atoms with Gasteiger partial charge in [0.1, 0.15) is 26.4 Å². The lowest BCUT2D eigenvalue weighted by molar-refractivity contribution is -0.258. The van der Waals surface area contributed by atoms with Crippen LogP contribution in [0.1, 0.15) is 0 Å². The van der Waals surface area contributed by atoms with Crippen molar-refractivity contribution < 1.29 is 75.5 Å². The fourth-order valence-corrected chi connectivity index (χ4v) is 2.55. The monoisotopic (exact) mass is 528 g/mol. The number of hydrogen-bond donors (Lipinski definition) is 10. The number of nitrogens with zero attached hydrogens (tertiary/aromatic N) is 6. The Bertz CT molecular complexity index is 893. The second-order valence-corrected chi connectivity index (χ2v) is 6.41. The molecule has 0 aliphatic heterocycles. The number of carboxylic acids is 1. The van der Waals surface area contributed by atoms with Crippen LogP contribution in [0, 0.1) is 0 Å². The van der Waals surface area contributed by atoms with Crippen molar-refractivity contribution in [1.82, 2.24) is 15.0 Å². The first-order chi connectivity index (χ1) is 17.0. The first kappa shape index (κ1) is 30.8. The van der Waals surface area contributed by atoms with E-state index in [2.05, 4.69) is 24.7 Å². The third kappa shape index (κ3) is 7.39. The standard InChI is InChI=1S/C15H24N6O15/c22-1-6(25)19(9(28)4-35-33)13-16-14(20(7(26)2-23)10(29)5-36-34)18-15(17-13)21(8(27)3-24)11(30)12(31)32/h6,9-11,22-25,28-30,33-34H,1-5H2,(H,31,32). The van der Waals surface area contributed by atoms with Crippen molar-refractivity contribution >= 4 is 35.6 Å². The molecule has 0 aliphatic carbocycles. The smallest absolute Gasteiger partial charge is 0.354 e. The first-order valence-corrected chi connectivity index (χ1v) is 9.47. The minimum absolute atomic E-state index is 0.119. The fourth-order valence-electron chi connectivity index (χ4n) is 2.55. The second kappa shape index (κ2) is 14.4. The molecule has 21 nitrogen and oxygen atoms in total. The summed E-state index contributed by atoms with van der Waals surface area (Å²) in [6, 6.07) is 0. The lowest BCUT2D eigenvalue weighted by Gasteiger charge is -2.33. The zero-order chi connectivity index (χ0) is 27.6. The maximum Gasteiger partial charge on any atom is 0.354 e. The van der Waals surface area contributed by atoms with Crippen molar-refractivity contribution in [3.05, 3.63) is 0 Å². The minimum atomic E-state index is -2.76. The summed E-state index contributed by atoms with van der Waals surface area (Å²) in [5, 5.41) is 94.6. The highest BCUT2D eigenvalue weighted by molar-refractivity contribution is 5.98. The van der Waals surface area contributed by atoms with Gasteiger partial charge in [-0.15, -0.1) is 0 Å². The molecule has 0 aliphatic rings. The van der Waals surface area contributed by atoms with Gasteiger partial charge in [0, 0.05) is 0 Å². The molecule has 0 saturated heterocycles. The van der Waals surface area contributed by atoms with Crippen LogP contribution in [0.15, 0.2) is 0 Å². The topological polar surface area (TPSA) is 320 Å². The van der Waals surface area contributed by atoms with Crippen LogP contribution in [-0.4, -0.2) is 142 Å². The van der Waals surface area contributed by atoms with Crippen LogP contribution in [0.5, 0.6) is 0 Å². The number of aromatic nitrogens is 3. The SMILES string of the molecule is O=C(O)C(O)N(C(=O)CO)c1nc(N(C(=O)CO)C(O)COO)nc(N(C(O)CO)C(O)COO)n1. The molecular weight excluding hydrogens is 504 g/mol. The quantitative estimate of drug-likeness (QED) is 0.0574. The lowest BCUT2D eigenvalue weighted by atomic mass is 10.4. The molecule has 4 atom stereocenters. The van der Waals surface area contributed by atoms with E-state index in [1.807, 2.05) is 0 Å².